The number of rotatable bonds is 3. The first-order chi connectivity index (χ1) is 7.70. The molecule has 0 aromatic heterocycles. The first-order valence-electron chi connectivity index (χ1n) is 5.45. The second kappa shape index (κ2) is 4.69. The van der Waals surface area contributed by atoms with E-state index >= 15 is 0 Å². The van der Waals surface area contributed by atoms with Gasteiger partial charge in [0.1, 0.15) is 5.60 Å². The Morgan fingerprint density at radius 3 is 2.18 bits per heavy atom. The Hall–Kier alpha value is -1.65. The highest BCUT2D eigenvalue weighted by atomic mass is 16.6. The Morgan fingerprint density at radius 1 is 1.29 bits per heavy atom. The summed E-state index contributed by atoms with van der Waals surface area (Å²) in [4.78, 5) is 35.3. The average Bonchev–Trinajstić information content (AvgIpc) is 2.46. The van der Waals surface area contributed by atoms with E-state index in [9.17, 15) is 14.4 Å². The van der Waals surface area contributed by atoms with Crippen LogP contribution in [0.15, 0.2) is 12.2 Å². The molecule has 2 amide bonds. The summed E-state index contributed by atoms with van der Waals surface area (Å²) in [5.41, 5.74) is -0.498. The lowest BCUT2D eigenvalue weighted by Gasteiger charge is -2.21. The Bertz CT molecular complexity index is 362. The normalized spacial score (nSPS) is 16.3. The second-order valence-electron chi connectivity index (χ2n) is 4.98. The zero-order valence-corrected chi connectivity index (χ0v) is 10.4. The maximum Gasteiger partial charge on any atom is 0.335 e. The predicted molar refractivity (Wildman–Crippen MR) is 60.9 cm³/mol. The van der Waals surface area contributed by atoms with E-state index in [4.69, 9.17) is 4.74 Å². The molecule has 1 rings (SSSR count). The van der Waals surface area contributed by atoms with Gasteiger partial charge in [0.15, 0.2) is 0 Å². The molecule has 0 bridgehead atoms. The molecular weight excluding hydrogens is 222 g/mol. The fourth-order valence-electron chi connectivity index (χ4n) is 1.40. The summed E-state index contributed by atoms with van der Waals surface area (Å²) in [6.45, 7) is 8.69. The third-order valence-corrected chi connectivity index (χ3v) is 2.19. The average molecular weight is 239 g/mol. The van der Waals surface area contributed by atoms with Crippen molar-refractivity contribution >= 4 is 17.8 Å². The van der Waals surface area contributed by atoms with E-state index < -0.39 is 11.6 Å². The smallest absolute Gasteiger partial charge is 0.335 e. The van der Waals surface area contributed by atoms with Gasteiger partial charge in [0.05, 0.1) is 6.54 Å². The molecule has 0 atom stereocenters. The molecule has 94 valence electrons. The number of carbonyl (C=O) groups is 3. The molecule has 0 aromatic rings. The molecule has 0 aromatic carbocycles. The maximum atomic E-state index is 11.6. The molecule has 0 radical (unpaired) electrons. The fraction of sp³-hybridized carbons (Fsp3) is 0.583. The zero-order chi connectivity index (χ0) is 13.2. The van der Waals surface area contributed by atoms with Gasteiger partial charge in [-0.05, 0) is 20.8 Å². The van der Waals surface area contributed by atoms with Crippen molar-refractivity contribution in [3.8, 4) is 0 Å². The van der Waals surface area contributed by atoms with Crippen molar-refractivity contribution in [2.45, 2.75) is 39.2 Å². The SMILES string of the molecule is C=C(CN1C(=O)CCC1=O)C(=O)OC(C)(C)C. The number of hydrogen-bond acceptors (Lipinski definition) is 4. The summed E-state index contributed by atoms with van der Waals surface area (Å²) < 4.78 is 5.09. The molecule has 1 aliphatic rings. The molecule has 0 saturated carbocycles. The van der Waals surface area contributed by atoms with Gasteiger partial charge in [-0.15, -0.1) is 0 Å². The number of amides is 2. The highest BCUT2D eigenvalue weighted by molar-refractivity contribution is 6.03. The van der Waals surface area contributed by atoms with Crippen LogP contribution in [-0.4, -0.2) is 34.8 Å². The first-order valence-corrected chi connectivity index (χ1v) is 5.45. The molecule has 0 N–H and O–H groups in total. The lowest BCUT2D eigenvalue weighted by molar-refractivity contribution is -0.150. The second-order valence-corrected chi connectivity index (χ2v) is 4.98. The molecule has 1 aliphatic heterocycles. The number of carbonyl (C=O) groups excluding carboxylic acids is 3. The van der Waals surface area contributed by atoms with Gasteiger partial charge in [0, 0.05) is 18.4 Å². The van der Waals surface area contributed by atoms with E-state index in [0.29, 0.717) is 0 Å². The van der Waals surface area contributed by atoms with Crippen LogP contribution < -0.4 is 0 Å². The van der Waals surface area contributed by atoms with Gasteiger partial charge in [-0.2, -0.15) is 0 Å². The number of nitrogens with zero attached hydrogens (tertiary/aromatic N) is 1. The van der Waals surface area contributed by atoms with E-state index in [-0.39, 0.29) is 36.8 Å². The fourth-order valence-corrected chi connectivity index (χ4v) is 1.40. The summed E-state index contributed by atoms with van der Waals surface area (Å²) in [6, 6.07) is 0. The Morgan fingerprint density at radius 2 is 1.76 bits per heavy atom. The van der Waals surface area contributed by atoms with Gasteiger partial charge in [-0.25, -0.2) is 4.79 Å². The largest absolute Gasteiger partial charge is 0.457 e. The highest BCUT2D eigenvalue weighted by Gasteiger charge is 2.31. The lowest BCUT2D eigenvalue weighted by atomic mass is 10.2. The topological polar surface area (TPSA) is 63.7 Å². The Labute approximate surface area is 100 Å². The molecule has 0 aliphatic carbocycles. The zero-order valence-electron chi connectivity index (χ0n) is 10.4. The van der Waals surface area contributed by atoms with E-state index in [1.165, 1.54) is 0 Å². The Balaban J connectivity index is 2.58. The van der Waals surface area contributed by atoms with E-state index in [1.807, 2.05) is 0 Å². The van der Waals surface area contributed by atoms with E-state index in [2.05, 4.69) is 6.58 Å². The number of imide groups is 1. The van der Waals surface area contributed by atoms with Crippen LogP contribution in [0.5, 0.6) is 0 Å². The van der Waals surface area contributed by atoms with Crippen molar-refractivity contribution in [1.29, 1.82) is 0 Å². The van der Waals surface area contributed by atoms with Gasteiger partial charge in [-0.1, -0.05) is 6.58 Å². The molecule has 5 nitrogen and oxygen atoms in total. The third-order valence-electron chi connectivity index (χ3n) is 2.19. The van der Waals surface area contributed by atoms with Crippen LogP contribution in [0.25, 0.3) is 0 Å². The molecule has 1 saturated heterocycles. The molecular formula is C12H17NO4. The molecule has 0 unspecified atom stereocenters. The van der Waals surface area contributed by atoms with Crippen LogP contribution in [0.3, 0.4) is 0 Å². The van der Waals surface area contributed by atoms with Crippen molar-refractivity contribution in [2.24, 2.45) is 0 Å². The van der Waals surface area contributed by atoms with Gasteiger partial charge in [-0.3, -0.25) is 14.5 Å². The van der Waals surface area contributed by atoms with E-state index in [1.54, 1.807) is 20.8 Å². The molecule has 1 heterocycles. The first kappa shape index (κ1) is 13.4. The number of likely N-dealkylation sites (tertiary alicyclic amines) is 1. The standard InChI is InChI=1S/C12H17NO4/c1-8(11(16)17-12(2,3)4)7-13-9(14)5-6-10(13)15/h1,5-7H2,2-4H3. The summed E-state index contributed by atoms with van der Waals surface area (Å²) in [5, 5.41) is 0. The van der Waals surface area contributed by atoms with Crippen molar-refractivity contribution in [1.82, 2.24) is 4.90 Å². The third kappa shape index (κ3) is 3.69. The molecule has 0 spiro atoms. The summed E-state index contributed by atoms with van der Waals surface area (Å²) in [5.74, 6) is -1.11. The van der Waals surface area contributed by atoms with Crippen LogP contribution in [0, 0.1) is 0 Å². The molecule has 5 heteroatoms. The minimum atomic E-state index is -0.612. The maximum absolute atomic E-state index is 11.6. The Kier molecular flexibility index (Phi) is 3.70. The summed E-state index contributed by atoms with van der Waals surface area (Å²) >= 11 is 0. The number of esters is 1. The predicted octanol–water partition coefficient (Wildman–Crippen LogP) is 1.03. The number of hydrogen-bond donors (Lipinski definition) is 0. The van der Waals surface area contributed by atoms with E-state index in [0.717, 1.165) is 4.90 Å². The van der Waals surface area contributed by atoms with Gasteiger partial charge in [0.2, 0.25) is 11.8 Å². The highest BCUT2D eigenvalue weighted by Crippen LogP contribution is 2.15. The quantitative estimate of drug-likeness (QED) is 0.419. The van der Waals surface area contributed by atoms with Crippen LogP contribution in [0.1, 0.15) is 33.6 Å². The molecule has 1 fully saturated rings. The van der Waals surface area contributed by atoms with Gasteiger partial charge in [0.25, 0.3) is 0 Å². The van der Waals surface area contributed by atoms with Crippen LogP contribution in [-0.2, 0) is 19.1 Å². The number of ether oxygens (including phenoxy) is 1. The van der Waals surface area contributed by atoms with Crippen molar-refractivity contribution in [3.05, 3.63) is 12.2 Å². The minimum absolute atomic E-state index is 0.0768. The summed E-state index contributed by atoms with van der Waals surface area (Å²) in [6.07, 6.45) is 0.418. The van der Waals surface area contributed by atoms with Crippen LogP contribution >= 0.6 is 0 Å². The van der Waals surface area contributed by atoms with Gasteiger partial charge >= 0.3 is 5.97 Å². The van der Waals surface area contributed by atoms with Crippen LogP contribution in [0.2, 0.25) is 0 Å². The van der Waals surface area contributed by atoms with Crippen molar-refractivity contribution < 1.29 is 19.1 Å². The summed E-state index contributed by atoms with van der Waals surface area (Å²) in [7, 11) is 0. The van der Waals surface area contributed by atoms with Crippen LogP contribution in [0.4, 0.5) is 0 Å². The van der Waals surface area contributed by atoms with Gasteiger partial charge < -0.3 is 4.74 Å². The van der Waals surface area contributed by atoms with Crippen molar-refractivity contribution in [2.75, 3.05) is 6.54 Å². The molecule has 17 heavy (non-hydrogen) atoms. The minimum Gasteiger partial charge on any atom is -0.457 e. The monoisotopic (exact) mass is 239 g/mol. The lowest BCUT2D eigenvalue weighted by Crippen LogP contribution is -2.34. The van der Waals surface area contributed by atoms with Crippen molar-refractivity contribution in [3.63, 3.8) is 0 Å².